The third-order valence-corrected chi connectivity index (χ3v) is 5.38. The van der Waals surface area contributed by atoms with Crippen LogP contribution in [0.1, 0.15) is 22.1 Å². The van der Waals surface area contributed by atoms with E-state index in [-0.39, 0.29) is 11.9 Å². The molecule has 1 fully saturated rings. The Morgan fingerprint density at radius 3 is 2.64 bits per heavy atom. The van der Waals surface area contributed by atoms with Crippen LogP contribution in [-0.2, 0) is 4.74 Å². The molecule has 1 aromatic heterocycles. The van der Waals surface area contributed by atoms with Crippen LogP contribution in [0.4, 0.5) is 0 Å². The van der Waals surface area contributed by atoms with Crippen LogP contribution in [0.15, 0.2) is 60.7 Å². The Balaban J connectivity index is 1.52. The van der Waals surface area contributed by atoms with E-state index in [0.717, 1.165) is 29.6 Å². The number of para-hydroxylation sites is 1. The van der Waals surface area contributed by atoms with Crippen molar-refractivity contribution in [1.29, 1.82) is 0 Å². The van der Waals surface area contributed by atoms with Crippen LogP contribution < -0.4 is 5.32 Å². The van der Waals surface area contributed by atoms with Crippen molar-refractivity contribution in [1.82, 2.24) is 15.2 Å². The van der Waals surface area contributed by atoms with E-state index in [1.54, 1.807) is 6.07 Å². The van der Waals surface area contributed by atoms with Crippen LogP contribution in [0.25, 0.3) is 10.9 Å². The molecular formula is C22H22ClN3O2. The highest BCUT2D eigenvalue weighted by Crippen LogP contribution is 2.27. The number of ether oxygens (including phenoxy) is 1. The molecule has 0 saturated carbocycles. The maximum atomic E-state index is 12.7. The summed E-state index contributed by atoms with van der Waals surface area (Å²) >= 11 is 6.45. The normalized spacial score (nSPS) is 16.0. The highest BCUT2D eigenvalue weighted by Gasteiger charge is 2.25. The first-order valence-corrected chi connectivity index (χ1v) is 9.80. The standard InChI is InChI=1S/C22H22ClN3O2/c23-18-7-3-2-6-17(18)21(26-11-13-28-14-12-26)15-24-22(27)20-10-9-16-5-1-4-8-19(16)25-20/h1-10,21H,11-15H2,(H,24,27). The Morgan fingerprint density at radius 2 is 1.82 bits per heavy atom. The molecule has 4 rings (SSSR count). The fourth-order valence-corrected chi connectivity index (χ4v) is 3.80. The van der Waals surface area contributed by atoms with E-state index in [9.17, 15) is 4.79 Å². The number of pyridine rings is 1. The average molecular weight is 396 g/mol. The van der Waals surface area contributed by atoms with Crippen LogP contribution >= 0.6 is 11.6 Å². The minimum Gasteiger partial charge on any atom is -0.379 e. The van der Waals surface area contributed by atoms with Gasteiger partial charge in [-0.25, -0.2) is 4.98 Å². The predicted octanol–water partition coefficient (Wildman–Crippen LogP) is 3.69. The van der Waals surface area contributed by atoms with E-state index < -0.39 is 0 Å². The Bertz CT molecular complexity index is 973. The van der Waals surface area contributed by atoms with Crippen molar-refractivity contribution >= 4 is 28.4 Å². The number of hydrogen-bond donors (Lipinski definition) is 1. The number of amides is 1. The third kappa shape index (κ3) is 4.17. The number of carbonyl (C=O) groups is 1. The van der Waals surface area contributed by atoms with Gasteiger partial charge in [0.05, 0.1) is 24.8 Å². The first-order valence-electron chi connectivity index (χ1n) is 9.42. The van der Waals surface area contributed by atoms with E-state index in [4.69, 9.17) is 16.3 Å². The molecular weight excluding hydrogens is 374 g/mol. The molecule has 1 unspecified atom stereocenters. The van der Waals surface area contributed by atoms with Gasteiger partial charge in [0.2, 0.25) is 0 Å². The van der Waals surface area contributed by atoms with Gasteiger partial charge < -0.3 is 10.1 Å². The second kappa shape index (κ2) is 8.69. The second-order valence-electron chi connectivity index (χ2n) is 6.78. The summed E-state index contributed by atoms with van der Waals surface area (Å²) in [6.07, 6.45) is 0. The Kier molecular flexibility index (Phi) is 5.86. The van der Waals surface area contributed by atoms with Gasteiger partial charge in [-0.05, 0) is 23.8 Å². The van der Waals surface area contributed by atoms with Gasteiger partial charge in [0.25, 0.3) is 5.91 Å². The molecule has 1 N–H and O–H groups in total. The number of carbonyl (C=O) groups excluding carboxylic acids is 1. The third-order valence-electron chi connectivity index (χ3n) is 5.04. The molecule has 144 valence electrons. The molecule has 5 nitrogen and oxygen atoms in total. The number of nitrogens with one attached hydrogen (secondary N) is 1. The molecule has 1 aliphatic heterocycles. The Morgan fingerprint density at radius 1 is 1.07 bits per heavy atom. The van der Waals surface area contributed by atoms with Crippen molar-refractivity contribution in [2.24, 2.45) is 0 Å². The number of halogens is 1. The Labute approximate surface area is 169 Å². The van der Waals surface area contributed by atoms with Gasteiger partial charge in [-0.1, -0.05) is 54.1 Å². The van der Waals surface area contributed by atoms with Gasteiger partial charge in [0.1, 0.15) is 5.69 Å². The first-order chi connectivity index (χ1) is 13.7. The van der Waals surface area contributed by atoms with Crippen LogP contribution in [0.3, 0.4) is 0 Å². The van der Waals surface area contributed by atoms with E-state index in [1.807, 2.05) is 54.6 Å². The second-order valence-corrected chi connectivity index (χ2v) is 7.19. The molecule has 2 aromatic carbocycles. The number of benzene rings is 2. The largest absolute Gasteiger partial charge is 0.379 e. The van der Waals surface area contributed by atoms with Gasteiger partial charge >= 0.3 is 0 Å². The average Bonchev–Trinajstić information content (AvgIpc) is 2.75. The highest BCUT2D eigenvalue weighted by atomic mass is 35.5. The summed E-state index contributed by atoms with van der Waals surface area (Å²) in [5.74, 6) is -0.184. The number of hydrogen-bond acceptors (Lipinski definition) is 4. The van der Waals surface area contributed by atoms with Gasteiger partial charge in [0.15, 0.2) is 0 Å². The molecule has 3 aromatic rings. The van der Waals surface area contributed by atoms with E-state index in [2.05, 4.69) is 15.2 Å². The predicted molar refractivity (Wildman–Crippen MR) is 111 cm³/mol. The van der Waals surface area contributed by atoms with Crippen molar-refractivity contribution in [3.8, 4) is 0 Å². The van der Waals surface area contributed by atoms with Gasteiger partial charge in [-0.2, -0.15) is 0 Å². The SMILES string of the molecule is O=C(NCC(c1ccccc1Cl)N1CCOCC1)c1ccc2ccccc2n1. The van der Waals surface area contributed by atoms with Crippen LogP contribution in [0.5, 0.6) is 0 Å². The van der Waals surface area contributed by atoms with Crippen molar-refractivity contribution in [2.45, 2.75) is 6.04 Å². The summed E-state index contributed by atoms with van der Waals surface area (Å²) in [4.78, 5) is 19.5. The number of aromatic nitrogens is 1. The fourth-order valence-electron chi connectivity index (χ4n) is 3.54. The maximum Gasteiger partial charge on any atom is 0.269 e. The van der Waals surface area contributed by atoms with Crippen LogP contribution in [0.2, 0.25) is 5.02 Å². The van der Waals surface area contributed by atoms with E-state index >= 15 is 0 Å². The number of morpholine rings is 1. The lowest BCUT2D eigenvalue weighted by atomic mass is 10.0. The molecule has 6 heteroatoms. The molecule has 0 spiro atoms. The minimum absolute atomic E-state index is 0.0120. The van der Waals surface area contributed by atoms with Crippen molar-refractivity contribution < 1.29 is 9.53 Å². The van der Waals surface area contributed by atoms with Gasteiger partial charge in [-0.3, -0.25) is 9.69 Å². The van der Waals surface area contributed by atoms with E-state index in [1.165, 1.54) is 0 Å². The first kappa shape index (κ1) is 18.9. The summed E-state index contributed by atoms with van der Waals surface area (Å²) in [6, 6.07) is 19.2. The molecule has 0 radical (unpaired) electrons. The summed E-state index contributed by atoms with van der Waals surface area (Å²) in [5.41, 5.74) is 2.24. The van der Waals surface area contributed by atoms with Crippen molar-refractivity contribution in [3.63, 3.8) is 0 Å². The molecule has 0 aliphatic carbocycles. The zero-order valence-corrected chi connectivity index (χ0v) is 16.2. The zero-order valence-electron chi connectivity index (χ0n) is 15.5. The van der Waals surface area contributed by atoms with E-state index in [0.29, 0.717) is 30.5 Å². The summed E-state index contributed by atoms with van der Waals surface area (Å²) in [6.45, 7) is 3.43. The van der Waals surface area contributed by atoms with Crippen molar-refractivity contribution in [3.05, 3.63) is 76.9 Å². The van der Waals surface area contributed by atoms with Crippen molar-refractivity contribution in [2.75, 3.05) is 32.8 Å². The maximum absolute atomic E-state index is 12.7. The Hall–Kier alpha value is -2.47. The lowest BCUT2D eigenvalue weighted by molar-refractivity contribution is 0.0162. The number of rotatable bonds is 5. The lowest BCUT2D eigenvalue weighted by Gasteiger charge is -2.35. The molecule has 1 amide bonds. The molecule has 28 heavy (non-hydrogen) atoms. The molecule has 1 atom stereocenters. The number of fused-ring (bicyclic) bond motifs is 1. The van der Waals surface area contributed by atoms with Crippen LogP contribution in [-0.4, -0.2) is 48.6 Å². The fraction of sp³-hybridized carbons (Fsp3) is 0.273. The number of nitrogens with zero attached hydrogens (tertiary/aromatic N) is 2. The lowest BCUT2D eigenvalue weighted by Crippen LogP contribution is -2.44. The smallest absolute Gasteiger partial charge is 0.269 e. The monoisotopic (exact) mass is 395 g/mol. The summed E-state index contributed by atoms with van der Waals surface area (Å²) in [5, 5.41) is 4.76. The quantitative estimate of drug-likeness (QED) is 0.715. The highest BCUT2D eigenvalue weighted by molar-refractivity contribution is 6.31. The molecule has 1 aliphatic rings. The molecule has 0 bridgehead atoms. The molecule has 2 heterocycles. The zero-order chi connectivity index (χ0) is 19.3. The van der Waals surface area contributed by atoms with Gasteiger partial charge in [-0.15, -0.1) is 0 Å². The minimum atomic E-state index is -0.184. The van der Waals surface area contributed by atoms with Gasteiger partial charge in [0, 0.05) is 30.0 Å². The topological polar surface area (TPSA) is 54.5 Å². The van der Waals surface area contributed by atoms with Crippen LogP contribution in [0, 0.1) is 0 Å². The summed E-state index contributed by atoms with van der Waals surface area (Å²) < 4.78 is 5.48. The molecule has 1 saturated heterocycles. The summed E-state index contributed by atoms with van der Waals surface area (Å²) in [7, 11) is 0.